The van der Waals surface area contributed by atoms with E-state index in [0.717, 1.165) is 30.8 Å². The molecule has 1 saturated carbocycles. The van der Waals surface area contributed by atoms with Crippen LogP contribution in [0.2, 0.25) is 0 Å². The molecule has 7 heteroatoms. The van der Waals surface area contributed by atoms with Crippen LogP contribution in [0.15, 0.2) is 0 Å². The van der Waals surface area contributed by atoms with Crippen molar-refractivity contribution >= 4 is 23.4 Å². The normalized spacial score (nSPS) is 18.0. The Kier molecular flexibility index (Phi) is 3.84. The van der Waals surface area contributed by atoms with Gasteiger partial charge in [-0.2, -0.15) is 0 Å². The number of carboxylic acid groups (broad SMARTS) is 1. The smallest absolute Gasteiger partial charge is 0.329 e. The second kappa shape index (κ2) is 5.24. The first-order valence-electron chi connectivity index (χ1n) is 6.29. The molecule has 0 aliphatic heterocycles. The molecule has 19 heavy (non-hydrogen) atoms. The van der Waals surface area contributed by atoms with Gasteiger partial charge in [-0.1, -0.05) is 23.8 Å². The van der Waals surface area contributed by atoms with Crippen LogP contribution in [0.5, 0.6) is 0 Å². The zero-order valence-corrected chi connectivity index (χ0v) is 11.9. The Bertz CT molecular complexity index is 494. The molecular weight excluding hydrogens is 266 g/mol. The maximum absolute atomic E-state index is 12.4. The van der Waals surface area contributed by atoms with Crippen molar-refractivity contribution < 1.29 is 14.7 Å². The predicted molar refractivity (Wildman–Crippen MR) is 70.2 cm³/mol. The van der Waals surface area contributed by atoms with Crippen molar-refractivity contribution in [2.75, 3.05) is 7.05 Å². The van der Waals surface area contributed by atoms with Gasteiger partial charge in [0.1, 0.15) is 10.4 Å². The molecule has 0 atom stereocenters. The average Bonchev–Trinajstić information content (AvgIpc) is 2.84. The van der Waals surface area contributed by atoms with Gasteiger partial charge in [-0.25, -0.2) is 4.79 Å². The Morgan fingerprint density at radius 2 is 1.95 bits per heavy atom. The summed E-state index contributed by atoms with van der Waals surface area (Å²) >= 11 is 1.02. The van der Waals surface area contributed by atoms with Crippen LogP contribution in [-0.2, 0) is 4.79 Å². The Hall–Kier alpha value is -1.50. The van der Waals surface area contributed by atoms with Gasteiger partial charge in [-0.3, -0.25) is 4.79 Å². The maximum atomic E-state index is 12.4. The third-order valence-electron chi connectivity index (χ3n) is 3.87. The largest absolute Gasteiger partial charge is 0.479 e. The quantitative estimate of drug-likeness (QED) is 0.913. The minimum atomic E-state index is -1.08. The van der Waals surface area contributed by atoms with Gasteiger partial charge in [0.15, 0.2) is 0 Å². The fourth-order valence-electron chi connectivity index (χ4n) is 2.60. The second-order valence-corrected chi connectivity index (χ2v) is 5.70. The summed E-state index contributed by atoms with van der Waals surface area (Å²) in [5, 5.41) is 13.4. The molecule has 0 unspecified atom stereocenters. The van der Waals surface area contributed by atoms with Crippen molar-refractivity contribution in [3.63, 3.8) is 0 Å². The van der Waals surface area contributed by atoms with E-state index in [4.69, 9.17) is 0 Å². The lowest BCUT2D eigenvalue weighted by atomic mass is 9.80. The molecule has 1 aliphatic rings. The lowest BCUT2D eigenvalue weighted by Gasteiger charge is -2.40. The zero-order chi connectivity index (χ0) is 14.0. The van der Waals surface area contributed by atoms with Gasteiger partial charge in [0.25, 0.3) is 5.91 Å². The van der Waals surface area contributed by atoms with Crippen LogP contribution in [0.25, 0.3) is 0 Å². The molecule has 1 fully saturated rings. The van der Waals surface area contributed by atoms with Crippen LogP contribution in [0.3, 0.4) is 0 Å². The SMILES string of the molecule is Cc1nnsc1C(=O)N(C)C1(C(=O)O)CCCCC1. The number of aryl methyl sites for hydroxylation is 1. The van der Waals surface area contributed by atoms with Crippen LogP contribution in [0, 0.1) is 6.92 Å². The van der Waals surface area contributed by atoms with Gasteiger partial charge in [0.2, 0.25) is 0 Å². The number of carbonyl (C=O) groups is 2. The topological polar surface area (TPSA) is 83.4 Å². The standard InChI is InChI=1S/C12H17N3O3S/c1-8-9(19-14-13-8)10(16)15(2)12(11(17)18)6-4-3-5-7-12/h3-7H2,1-2H3,(H,17,18). The molecule has 104 valence electrons. The van der Waals surface area contributed by atoms with E-state index in [1.165, 1.54) is 4.90 Å². The summed E-state index contributed by atoms with van der Waals surface area (Å²) in [5.41, 5.74) is -0.524. The van der Waals surface area contributed by atoms with Crippen molar-refractivity contribution in [1.82, 2.24) is 14.5 Å². The molecule has 0 saturated heterocycles. The fraction of sp³-hybridized carbons (Fsp3) is 0.667. The third kappa shape index (κ3) is 2.34. The van der Waals surface area contributed by atoms with E-state index >= 15 is 0 Å². The van der Waals surface area contributed by atoms with Gasteiger partial charge in [0.05, 0.1) is 5.69 Å². The van der Waals surface area contributed by atoms with Gasteiger partial charge in [-0.05, 0) is 31.3 Å². The molecule has 1 heterocycles. The lowest BCUT2D eigenvalue weighted by Crippen LogP contribution is -2.56. The number of rotatable bonds is 3. The Morgan fingerprint density at radius 1 is 1.32 bits per heavy atom. The highest BCUT2D eigenvalue weighted by Gasteiger charge is 2.46. The van der Waals surface area contributed by atoms with Gasteiger partial charge >= 0.3 is 5.97 Å². The molecule has 0 bridgehead atoms. The number of amides is 1. The summed E-state index contributed by atoms with van der Waals surface area (Å²) in [6.45, 7) is 1.71. The summed E-state index contributed by atoms with van der Waals surface area (Å²) in [5.74, 6) is -1.21. The minimum Gasteiger partial charge on any atom is -0.479 e. The number of aromatic nitrogens is 2. The number of aliphatic carboxylic acids is 1. The number of carboxylic acids is 1. The summed E-state index contributed by atoms with van der Waals surface area (Å²) < 4.78 is 3.73. The first kappa shape index (κ1) is 13.9. The number of carbonyl (C=O) groups excluding carboxylic acids is 1. The van der Waals surface area contributed by atoms with E-state index in [1.54, 1.807) is 14.0 Å². The van der Waals surface area contributed by atoms with E-state index in [9.17, 15) is 14.7 Å². The van der Waals surface area contributed by atoms with Crippen LogP contribution < -0.4 is 0 Å². The van der Waals surface area contributed by atoms with Crippen LogP contribution in [-0.4, -0.2) is 44.1 Å². The van der Waals surface area contributed by atoms with Gasteiger partial charge in [0, 0.05) is 7.05 Å². The number of likely N-dealkylation sites (N-methyl/N-ethyl adjacent to an activating group) is 1. The molecule has 0 aromatic carbocycles. The highest BCUT2D eigenvalue weighted by molar-refractivity contribution is 7.07. The average molecular weight is 283 g/mol. The molecule has 0 spiro atoms. The fourth-order valence-corrected chi connectivity index (χ4v) is 3.24. The van der Waals surface area contributed by atoms with E-state index in [-0.39, 0.29) is 5.91 Å². The molecule has 0 radical (unpaired) electrons. The molecule has 1 N–H and O–H groups in total. The molecule has 2 rings (SSSR count). The van der Waals surface area contributed by atoms with Crippen LogP contribution in [0.4, 0.5) is 0 Å². The summed E-state index contributed by atoms with van der Waals surface area (Å²) in [6.07, 6.45) is 3.72. The van der Waals surface area contributed by atoms with Crippen molar-refractivity contribution in [2.24, 2.45) is 0 Å². The Morgan fingerprint density at radius 3 is 2.42 bits per heavy atom. The van der Waals surface area contributed by atoms with E-state index in [1.807, 2.05) is 0 Å². The second-order valence-electron chi connectivity index (χ2n) is 4.95. The highest BCUT2D eigenvalue weighted by atomic mass is 32.1. The van der Waals surface area contributed by atoms with Crippen molar-refractivity contribution in [3.8, 4) is 0 Å². The minimum absolute atomic E-state index is 0.295. The molecular formula is C12H17N3O3S. The molecule has 1 aliphatic carbocycles. The first-order chi connectivity index (χ1) is 8.99. The maximum Gasteiger partial charge on any atom is 0.329 e. The number of hydrogen-bond donors (Lipinski definition) is 1. The molecule has 1 aromatic rings. The van der Waals surface area contributed by atoms with E-state index < -0.39 is 11.5 Å². The molecule has 1 amide bonds. The summed E-state index contributed by atoms with van der Waals surface area (Å²) in [7, 11) is 1.57. The lowest BCUT2D eigenvalue weighted by molar-refractivity contribution is -0.151. The first-order valence-corrected chi connectivity index (χ1v) is 7.07. The Labute approximate surface area is 115 Å². The van der Waals surface area contributed by atoms with E-state index in [2.05, 4.69) is 9.59 Å². The highest BCUT2D eigenvalue weighted by Crippen LogP contribution is 2.34. The van der Waals surface area contributed by atoms with E-state index in [0.29, 0.717) is 23.4 Å². The van der Waals surface area contributed by atoms with Gasteiger partial charge < -0.3 is 10.0 Å². The van der Waals surface area contributed by atoms with Crippen LogP contribution in [0.1, 0.15) is 47.5 Å². The molecule has 1 aromatic heterocycles. The monoisotopic (exact) mass is 283 g/mol. The number of hydrogen-bond acceptors (Lipinski definition) is 5. The van der Waals surface area contributed by atoms with Crippen molar-refractivity contribution in [2.45, 2.75) is 44.6 Å². The van der Waals surface area contributed by atoms with Crippen molar-refractivity contribution in [1.29, 1.82) is 0 Å². The summed E-state index contributed by atoms with van der Waals surface area (Å²) in [4.78, 5) is 25.9. The Balaban J connectivity index is 2.30. The van der Waals surface area contributed by atoms with Crippen molar-refractivity contribution in [3.05, 3.63) is 10.6 Å². The third-order valence-corrected chi connectivity index (χ3v) is 4.69. The zero-order valence-electron chi connectivity index (χ0n) is 11.0. The predicted octanol–water partition coefficient (Wildman–Crippen LogP) is 1.71. The molecule has 6 nitrogen and oxygen atoms in total. The summed E-state index contributed by atoms with van der Waals surface area (Å²) in [6, 6.07) is 0. The number of nitrogens with zero attached hydrogens (tertiary/aromatic N) is 3. The van der Waals surface area contributed by atoms with Crippen LogP contribution >= 0.6 is 11.5 Å². The van der Waals surface area contributed by atoms with Gasteiger partial charge in [-0.15, -0.1) is 5.10 Å².